The summed E-state index contributed by atoms with van der Waals surface area (Å²) in [4.78, 5) is 0.264. The van der Waals surface area contributed by atoms with Gasteiger partial charge in [0.2, 0.25) is 10.0 Å². The number of nitrogens with two attached hydrogens (primary N) is 1. The molecule has 0 fully saturated rings. The zero-order valence-corrected chi connectivity index (χ0v) is 10.9. The summed E-state index contributed by atoms with van der Waals surface area (Å²) in [5.74, 6) is 0. The number of nitrogens with one attached hydrogen (secondary N) is 1. The highest BCUT2D eigenvalue weighted by molar-refractivity contribution is 9.10. The van der Waals surface area contributed by atoms with Crippen molar-refractivity contribution in [2.45, 2.75) is 18.4 Å². The van der Waals surface area contributed by atoms with Crippen molar-refractivity contribution in [2.75, 3.05) is 7.05 Å². The second kappa shape index (κ2) is 4.61. The van der Waals surface area contributed by atoms with Crippen LogP contribution in [0.1, 0.15) is 11.1 Å². The normalized spacial score (nSPS) is 11.7. The monoisotopic (exact) mass is 292 g/mol. The highest BCUT2D eigenvalue weighted by Crippen LogP contribution is 2.25. The van der Waals surface area contributed by atoms with Crippen molar-refractivity contribution in [2.24, 2.45) is 5.73 Å². The lowest BCUT2D eigenvalue weighted by Crippen LogP contribution is -2.20. The molecule has 0 spiro atoms. The van der Waals surface area contributed by atoms with Gasteiger partial charge in [-0.05, 0) is 37.2 Å². The molecule has 0 aliphatic rings. The molecule has 15 heavy (non-hydrogen) atoms. The van der Waals surface area contributed by atoms with Gasteiger partial charge in [0.15, 0.2) is 0 Å². The molecule has 1 rings (SSSR count). The van der Waals surface area contributed by atoms with Gasteiger partial charge in [-0.25, -0.2) is 13.1 Å². The number of sulfonamides is 1. The van der Waals surface area contributed by atoms with E-state index in [9.17, 15) is 8.42 Å². The van der Waals surface area contributed by atoms with Crippen LogP contribution in [0.2, 0.25) is 0 Å². The molecule has 1 aromatic rings. The molecule has 1 aromatic carbocycles. The Morgan fingerprint density at radius 3 is 2.53 bits per heavy atom. The molecule has 0 heterocycles. The van der Waals surface area contributed by atoms with E-state index in [4.69, 9.17) is 5.73 Å². The lowest BCUT2D eigenvalue weighted by Gasteiger charge is -2.10. The van der Waals surface area contributed by atoms with Crippen LogP contribution in [0.15, 0.2) is 21.5 Å². The highest BCUT2D eigenvalue weighted by atomic mass is 79.9. The smallest absolute Gasteiger partial charge is 0.240 e. The summed E-state index contributed by atoms with van der Waals surface area (Å²) < 4.78 is 26.4. The van der Waals surface area contributed by atoms with Crippen LogP contribution in [0.3, 0.4) is 0 Å². The SMILES string of the molecule is CNS(=O)(=O)c1cc(CN)cc(Br)c1C. The van der Waals surface area contributed by atoms with E-state index in [1.54, 1.807) is 13.0 Å². The van der Waals surface area contributed by atoms with Gasteiger partial charge in [0.05, 0.1) is 4.90 Å². The molecule has 0 amide bonds. The van der Waals surface area contributed by atoms with E-state index in [0.717, 1.165) is 10.0 Å². The summed E-state index contributed by atoms with van der Waals surface area (Å²) in [6, 6.07) is 3.41. The molecule has 0 aliphatic carbocycles. The average Bonchev–Trinajstić information content (AvgIpc) is 2.21. The van der Waals surface area contributed by atoms with Crippen LogP contribution in [0.4, 0.5) is 0 Å². The number of rotatable bonds is 3. The van der Waals surface area contributed by atoms with Gasteiger partial charge in [-0.2, -0.15) is 0 Å². The van der Waals surface area contributed by atoms with E-state index in [1.165, 1.54) is 7.05 Å². The molecule has 0 bridgehead atoms. The predicted molar refractivity (Wildman–Crippen MR) is 63.0 cm³/mol. The van der Waals surface area contributed by atoms with Gasteiger partial charge in [-0.15, -0.1) is 0 Å². The first-order valence-electron chi connectivity index (χ1n) is 4.35. The topological polar surface area (TPSA) is 72.2 Å². The Morgan fingerprint density at radius 1 is 1.47 bits per heavy atom. The molecular weight excluding hydrogens is 280 g/mol. The van der Waals surface area contributed by atoms with Gasteiger partial charge in [0.25, 0.3) is 0 Å². The molecule has 0 radical (unpaired) electrons. The molecule has 3 N–H and O–H groups in total. The standard InChI is InChI=1S/C9H13BrN2O2S/c1-6-8(10)3-7(5-11)4-9(6)15(13,14)12-2/h3-4,12H,5,11H2,1-2H3. The summed E-state index contributed by atoms with van der Waals surface area (Å²) in [7, 11) is -2.03. The second-order valence-corrected chi connectivity index (χ2v) is 5.82. The molecule has 0 saturated carbocycles. The van der Waals surface area contributed by atoms with Gasteiger partial charge in [-0.3, -0.25) is 0 Å². The fourth-order valence-corrected chi connectivity index (χ4v) is 2.89. The number of hydrogen-bond donors (Lipinski definition) is 2. The maximum Gasteiger partial charge on any atom is 0.240 e. The Labute approximate surface area is 98.0 Å². The van der Waals surface area contributed by atoms with Crippen LogP contribution in [0.5, 0.6) is 0 Å². The van der Waals surface area contributed by atoms with Gasteiger partial charge < -0.3 is 5.73 Å². The summed E-state index contributed by atoms with van der Waals surface area (Å²) in [5.41, 5.74) is 6.95. The van der Waals surface area contributed by atoms with Crippen molar-refractivity contribution < 1.29 is 8.42 Å². The van der Waals surface area contributed by atoms with Gasteiger partial charge in [0.1, 0.15) is 0 Å². The molecule has 6 heteroatoms. The lowest BCUT2D eigenvalue weighted by atomic mass is 10.1. The molecule has 0 unspecified atom stereocenters. The van der Waals surface area contributed by atoms with Gasteiger partial charge >= 0.3 is 0 Å². The first kappa shape index (κ1) is 12.6. The zero-order chi connectivity index (χ0) is 11.6. The molecule has 0 aromatic heterocycles. The summed E-state index contributed by atoms with van der Waals surface area (Å²) in [6.07, 6.45) is 0. The number of hydrogen-bond acceptors (Lipinski definition) is 3. The van der Waals surface area contributed by atoms with Crippen LogP contribution in [-0.2, 0) is 16.6 Å². The van der Waals surface area contributed by atoms with Crippen LogP contribution in [-0.4, -0.2) is 15.5 Å². The van der Waals surface area contributed by atoms with Crippen LogP contribution >= 0.6 is 15.9 Å². The first-order valence-corrected chi connectivity index (χ1v) is 6.62. The second-order valence-electron chi connectivity index (χ2n) is 3.11. The van der Waals surface area contributed by atoms with Crippen molar-refractivity contribution in [3.8, 4) is 0 Å². The minimum atomic E-state index is -3.42. The lowest BCUT2D eigenvalue weighted by molar-refractivity contribution is 0.587. The fourth-order valence-electron chi connectivity index (χ4n) is 1.21. The number of benzene rings is 1. The summed E-state index contributed by atoms with van der Waals surface area (Å²) in [5, 5.41) is 0. The Kier molecular flexibility index (Phi) is 3.88. The van der Waals surface area contributed by atoms with E-state index in [0.29, 0.717) is 12.1 Å². The maximum atomic E-state index is 11.7. The van der Waals surface area contributed by atoms with Crippen molar-refractivity contribution in [3.05, 3.63) is 27.7 Å². The minimum Gasteiger partial charge on any atom is -0.326 e. The van der Waals surface area contributed by atoms with Crippen LogP contribution in [0, 0.1) is 6.92 Å². The van der Waals surface area contributed by atoms with Crippen molar-refractivity contribution >= 4 is 26.0 Å². The molecule has 0 saturated heterocycles. The third-order valence-corrected chi connectivity index (χ3v) is 4.51. The average molecular weight is 293 g/mol. The molecule has 0 aliphatic heterocycles. The quantitative estimate of drug-likeness (QED) is 0.877. The summed E-state index contributed by atoms with van der Waals surface area (Å²) in [6.45, 7) is 2.06. The van der Waals surface area contributed by atoms with E-state index in [-0.39, 0.29) is 4.90 Å². The van der Waals surface area contributed by atoms with E-state index in [1.807, 2.05) is 6.07 Å². The van der Waals surface area contributed by atoms with Gasteiger partial charge in [0, 0.05) is 11.0 Å². The largest absolute Gasteiger partial charge is 0.326 e. The van der Waals surface area contributed by atoms with Crippen molar-refractivity contribution in [1.29, 1.82) is 0 Å². The maximum absolute atomic E-state index is 11.7. The predicted octanol–water partition coefficient (Wildman–Crippen LogP) is 1.12. The van der Waals surface area contributed by atoms with E-state index >= 15 is 0 Å². The van der Waals surface area contributed by atoms with Crippen molar-refractivity contribution in [1.82, 2.24) is 4.72 Å². The molecular formula is C9H13BrN2O2S. The minimum absolute atomic E-state index is 0.264. The molecule has 4 nitrogen and oxygen atoms in total. The molecule has 84 valence electrons. The third kappa shape index (κ3) is 2.57. The van der Waals surface area contributed by atoms with Crippen LogP contribution in [0.25, 0.3) is 0 Å². The van der Waals surface area contributed by atoms with Crippen LogP contribution < -0.4 is 10.5 Å². The Hall–Kier alpha value is -0.430. The first-order chi connectivity index (χ1) is 6.92. The Morgan fingerprint density at radius 2 is 2.07 bits per heavy atom. The van der Waals surface area contributed by atoms with Gasteiger partial charge in [-0.1, -0.05) is 15.9 Å². The Balaban J connectivity index is 3.48. The van der Waals surface area contributed by atoms with E-state index < -0.39 is 10.0 Å². The zero-order valence-electron chi connectivity index (χ0n) is 8.54. The Bertz CT molecular complexity index is 471. The van der Waals surface area contributed by atoms with E-state index in [2.05, 4.69) is 20.7 Å². The fraction of sp³-hybridized carbons (Fsp3) is 0.333. The molecule has 0 atom stereocenters. The number of halogens is 1. The highest BCUT2D eigenvalue weighted by Gasteiger charge is 2.17. The summed E-state index contributed by atoms with van der Waals surface area (Å²) >= 11 is 3.31. The van der Waals surface area contributed by atoms with Crippen molar-refractivity contribution in [3.63, 3.8) is 0 Å². The third-order valence-electron chi connectivity index (χ3n) is 2.15.